The number of hydrogen-bond acceptors (Lipinski definition) is 9. The van der Waals surface area contributed by atoms with Crippen LogP contribution in [0.1, 0.15) is 56.5 Å². The van der Waals surface area contributed by atoms with Crippen molar-refractivity contribution in [1.29, 1.82) is 0 Å². The van der Waals surface area contributed by atoms with Crippen molar-refractivity contribution in [3.05, 3.63) is 65.7 Å². The maximum atomic E-state index is 13.1. The zero-order valence-corrected chi connectivity index (χ0v) is 25.2. The van der Waals surface area contributed by atoms with E-state index in [0.717, 1.165) is 11.3 Å². The van der Waals surface area contributed by atoms with Crippen LogP contribution in [0.15, 0.2) is 54.6 Å². The lowest BCUT2D eigenvalue weighted by atomic mass is 9.96. The van der Waals surface area contributed by atoms with Crippen molar-refractivity contribution in [3.63, 3.8) is 0 Å². The van der Waals surface area contributed by atoms with Gasteiger partial charge in [-0.15, -0.1) is 0 Å². The third-order valence-corrected chi connectivity index (χ3v) is 6.62. The summed E-state index contributed by atoms with van der Waals surface area (Å²) >= 11 is 0. The highest BCUT2D eigenvalue weighted by Gasteiger charge is 2.29. The van der Waals surface area contributed by atoms with Crippen molar-refractivity contribution < 1.29 is 38.5 Å². The second-order valence-corrected chi connectivity index (χ2v) is 11.2. The van der Waals surface area contributed by atoms with Crippen LogP contribution in [0.25, 0.3) is 0 Å². The fourth-order valence-electron chi connectivity index (χ4n) is 4.12. The quantitative estimate of drug-likeness (QED) is 0.294. The van der Waals surface area contributed by atoms with Crippen LogP contribution in [-0.4, -0.2) is 85.7 Å². The molecule has 10 heteroatoms. The number of anilines is 1. The Morgan fingerprint density at radius 2 is 1.74 bits per heavy atom. The lowest BCUT2D eigenvalue weighted by Gasteiger charge is -2.31. The first-order chi connectivity index (χ1) is 19.9. The summed E-state index contributed by atoms with van der Waals surface area (Å²) in [5.41, 5.74) is 2.06. The maximum absolute atomic E-state index is 13.1. The van der Waals surface area contributed by atoms with Crippen molar-refractivity contribution in [2.24, 2.45) is 5.92 Å². The monoisotopic (exact) mass is 584 g/mol. The van der Waals surface area contributed by atoms with Gasteiger partial charge >= 0.3 is 5.97 Å². The average Bonchev–Trinajstić information content (AvgIpc) is 2.98. The molecule has 0 spiro atoms. The molecule has 1 fully saturated rings. The van der Waals surface area contributed by atoms with Crippen LogP contribution in [-0.2, 0) is 35.2 Å². The molecule has 3 rings (SSSR count). The van der Waals surface area contributed by atoms with Crippen LogP contribution < -0.4 is 4.90 Å². The first kappa shape index (κ1) is 34.4. The van der Waals surface area contributed by atoms with Gasteiger partial charge in [-0.2, -0.15) is 0 Å². The number of likely N-dealkylation sites (N-methyl/N-ethyl adjacent to an activating group) is 1. The third kappa shape index (κ3) is 12.0. The molecule has 42 heavy (non-hydrogen) atoms. The predicted molar refractivity (Wildman–Crippen MR) is 159 cm³/mol. The van der Waals surface area contributed by atoms with Crippen molar-refractivity contribution in [1.82, 2.24) is 4.90 Å². The van der Waals surface area contributed by atoms with Gasteiger partial charge in [0.2, 0.25) is 0 Å². The number of aliphatic hydroxyl groups is 1. The summed E-state index contributed by atoms with van der Waals surface area (Å²) in [7, 11) is 1.87. The summed E-state index contributed by atoms with van der Waals surface area (Å²) in [5.74, 6) is -0.473. The zero-order valence-electron chi connectivity index (χ0n) is 25.2. The topological polar surface area (TPSA) is 123 Å². The molecule has 2 atom stereocenters. The smallest absolute Gasteiger partial charge is 0.309 e. The number of benzene rings is 2. The second kappa shape index (κ2) is 17.3. The normalized spacial score (nSPS) is 15.0. The molecule has 1 unspecified atom stereocenters. The van der Waals surface area contributed by atoms with Crippen LogP contribution in [0.5, 0.6) is 0 Å². The van der Waals surface area contributed by atoms with Gasteiger partial charge in [0, 0.05) is 37.9 Å². The molecule has 0 aliphatic carbocycles. The van der Waals surface area contributed by atoms with E-state index in [0.29, 0.717) is 50.8 Å². The first-order valence-corrected chi connectivity index (χ1v) is 14.1. The molecule has 1 aliphatic heterocycles. The van der Waals surface area contributed by atoms with Crippen molar-refractivity contribution in [2.45, 2.75) is 65.0 Å². The van der Waals surface area contributed by atoms with Gasteiger partial charge < -0.3 is 33.9 Å². The largest absolute Gasteiger partial charge is 0.462 e. The number of carbonyl (C=O) groups excluding carboxylic acids is 4. The van der Waals surface area contributed by atoms with E-state index in [1.807, 2.05) is 81.2 Å². The molecule has 0 radical (unpaired) electrons. The van der Waals surface area contributed by atoms with Crippen LogP contribution in [0.2, 0.25) is 0 Å². The van der Waals surface area contributed by atoms with Gasteiger partial charge in [-0.3, -0.25) is 14.4 Å². The highest BCUT2D eigenvalue weighted by atomic mass is 16.5. The molecule has 1 amide bonds. The van der Waals surface area contributed by atoms with Gasteiger partial charge in [-0.25, -0.2) is 0 Å². The number of hydrogen-bond donors (Lipinski definition) is 1. The number of amides is 1. The summed E-state index contributed by atoms with van der Waals surface area (Å²) in [5, 5.41) is 9.50. The minimum absolute atomic E-state index is 0.0669. The number of aliphatic hydroxyl groups excluding tert-OH is 1. The number of carbonyl (C=O) groups is 4. The Balaban J connectivity index is 0.000000782. The van der Waals surface area contributed by atoms with Crippen molar-refractivity contribution in [3.8, 4) is 0 Å². The van der Waals surface area contributed by atoms with E-state index in [-0.39, 0.29) is 36.6 Å². The number of esters is 1. The Labute approximate surface area is 248 Å². The average molecular weight is 585 g/mol. The highest BCUT2D eigenvalue weighted by Crippen LogP contribution is 2.23. The molecule has 1 aliphatic rings. The van der Waals surface area contributed by atoms with Crippen molar-refractivity contribution >= 4 is 30.3 Å². The molecular formula is C32H44N2O8. The molecule has 2 aromatic rings. The van der Waals surface area contributed by atoms with Gasteiger partial charge in [0.15, 0.2) is 6.29 Å². The molecule has 230 valence electrons. The van der Waals surface area contributed by atoms with E-state index in [1.54, 1.807) is 11.0 Å². The molecular weight excluding hydrogens is 540 g/mol. The highest BCUT2D eigenvalue weighted by molar-refractivity contribution is 5.95. The maximum Gasteiger partial charge on any atom is 0.309 e. The fourth-order valence-corrected chi connectivity index (χ4v) is 4.12. The van der Waals surface area contributed by atoms with Crippen LogP contribution in [0.4, 0.5) is 5.69 Å². The summed E-state index contributed by atoms with van der Waals surface area (Å²) in [6.45, 7) is 9.45. The zero-order chi connectivity index (χ0) is 31.1. The van der Waals surface area contributed by atoms with Gasteiger partial charge in [-0.05, 0) is 64.3 Å². The van der Waals surface area contributed by atoms with Gasteiger partial charge in [-0.1, -0.05) is 36.4 Å². The number of ether oxygens (including phenoxy) is 3. The minimum atomic E-state index is -0.867. The van der Waals surface area contributed by atoms with E-state index < -0.39 is 12.2 Å². The Hall–Kier alpha value is -3.76. The standard InChI is InChI=1S/C27H34N2O6.C5H10O2/c1-20(31)25(18-30)34-16-15-28(2)24-10-6-9-23(17-24)26(32)29-13-11-22(12-14-29)27(33)35-19-21-7-4-3-5-8-21;1-5(2,3)7-4-6/h3-10,17-18,20,22,25,31H,11-16,19H2,1-2H3;4H,1-3H3/t20-,25?;/m0./s1. The summed E-state index contributed by atoms with van der Waals surface area (Å²) in [6, 6.07) is 16.9. The number of nitrogens with zero attached hydrogens (tertiary/aromatic N) is 2. The second-order valence-electron chi connectivity index (χ2n) is 11.2. The Morgan fingerprint density at radius 3 is 2.29 bits per heavy atom. The predicted octanol–water partition coefficient (Wildman–Crippen LogP) is 3.64. The molecule has 10 nitrogen and oxygen atoms in total. The van der Waals surface area contributed by atoms with E-state index in [9.17, 15) is 24.3 Å². The van der Waals surface area contributed by atoms with E-state index in [4.69, 9.17) is 9.47 Å². The third-order valence-electron chi connectivity index (χ3n) is 6.62. The number of aldehydes is 1. The molecule has 0 aromatic heterocycles. The van der Waals surface area contributed by atoms with Crippen molar-refractivity contribution in [2.75, 3.05) is 38.2 Å². The molecule has 1 saturated heterocycles. The van der Waals surface area contributed by atoms with E-state index >= 15 is 0 Å². The van der Waals surface area contributed by atoms with Crippen LogP contribution in [0, 0.1) is 5.92 Å². The number of piperidine rings is 1. The molecule has 1 N–H and O–H groups in total. The van der Waals surface area contributed by atoms with Gasteiger partial charge in [0.05, 0.1) is 18.6 Å². The number of likely N-dealkylation sites (tertiary alicyclic amines) is 1. The Bertz CT molecular complexity index is 1120. The van der Waals surface area contributed by atoms with Crippen LogP contribution >= 0.6 is 0 Å². The minimum Gasteiger partial charge on any atom is -0.462 e. The van der Waals surface area contributed by atoms with Crippen LogP contribution in [0.3, 0.4) is 0 Å². The summed E-state index contributed by atoms with van der Waals surface area (Å²) < 4.78 is 15.4. The van der Waals surface area contributed by atoms with E-state index in [1.165, 1.54) is 6.92 Å². The molecule has 2 aromatic carbocycles. The van der Waals surface area contributed by atoms with E-state index in [2.05, 4.69) is 4.74 Å². The fraction of sp³-hybridized carbons (Fsp3) is 0.500. The Morgan fingerprint density at radius 1 is 1.07 bits per heavy atom. The lowest BCUT2D eigenvalue weighted by Crippen LogP contribution is -2.40. The Kier molecular flexibility index (Phi) is 14.1. The molecule has 1 heterocycles. The molecule has 0 bridgehead atoms. The molecule has 0 saturated carbocycles. The SMILES string of the molecule is CC(C)(C)OC=O.C[C@H](O)C(C=O)OCCN(C)c1cccc(C(=O)N2CCC(C(=O)OCc3ccccc3)CC2)c1. The summed E-state index contributed by atoms with van der Waals surface area (Å²) in [4.78, 5) is 49.8. The van der Waals surface area contributed by atoms with Gasteiger partial charge in [0.25, 0.3) is 12.4 Å². The lowest BCUT2D eigenvalue weighted by molar-refractivity contribution is -0.151. The van der Waals surface area contributed by atoms with Gasteiger partial charge in [0.1, 0.15) is 18.3 Å². The summed E-state index contributed by atoms with van der Waals surface area (Å²) in [6.07, 6.45) is 0.0360. The first-order valence-electron chi connectivity index (χ1n) is 14.1. The number of rotatable bonds is 12.